The van der Waals surface area contributed by atoms with Crippen LogP contribution in [0.3, 0.4) is 0 Å². The van der Waals surface area contributed by atoms with E-state index in [1.807, 2.05) is 18.7 Å². The first kappa shape index (κ1) is 13.7. The molecule has 0 spiro atoms. The van der Waals surface area contributed by atoms with Crippen LogP contribution in [0.4, 0.5) is 4.79 Å². The van der Waals surface area contributed by atoms with E-state index in [4.69, 9.17) is 0 Å². The number of nitrogens with zero attached hydrogens (tertiary/aromatic N) is 1. The van der Waals surface area contributed by atoms with Crippen LogP contribution in [0.2, 0.25) is 0 Å². The van der Waals surface area contributed by atoms with Gasteiger partial charge in [-0.15, -0.1) is 0 Å². The largest absolute Gasteiger partial charge is 0.393 e. The number of urea groups is 1. The number of rotatable bonds is 2. The van der Waals surface area contributed by atoms with Crippen molar-refractivity contribution in [1.29, 1.82) is 0 Å². The monoisotopic (exact) mass is 254 g/mol. The van der Waals surface area contributed by atoms with Gasteiger partial charge in [0.15, 0.2) is 0 Å². The molecule has 0 aromatic heterocycles. The number of carbonyl (C=O) groups is 1. The van der Waals surface area contributed by atoms with Crippen LogP contribution in [0, 0.1) is 5.92 Å². The Morgan fingerprint density at radius 1 is 1.22 bits per heavy atom. The number of nitrogens with one attached hydrogen (secondary N) is 1. The van der Waals surface area contributed by atoms with E-state index >= 15 is 0 Å². The van der Waals surface area contributed by atoms with Crippen LogP contribution < -0.4 is 5.32 Å². The molecule has 0 bridgehead atoms. The first-order valence-electron chi connectivity index (χ1n) is 7.35. The van der Waals surface area contributed by atoms with Gasteiger partial charge in [0.05, 0.1) is 6.10 Å². The third kappa shape index (κ3) is 2.97. The molecular formula is C14H26N2O2. The fourth-order valence-electron chi connectivity index (χ4n) is 3.41. The highest BCUT2D eigenvalue weighted by molar-refractivity contribution is 5.75. The lowest BCUT2D eigenvalue weighted by atomic mass is 9.80. The first-order valence-corrected chi connectivity index (χ1v) is 7.35. The molecule has 4 heteroatoms. The van der Waals surface area contributed by atoms with Gasteiger partial charge in [-0.25, -0.2) is 4.79 Å². The Morgan fingerprint density at radius 3 is 2.61 bits per heavy atom. The molecule has 1 aliphatic carbocycles. The molecule has 1 saturated carbocycles. The molecule has 104 valence electrons. The summed E-state index contributed by atoms with van der Waals surface area (Å²) in [6.07, 6.45) is 6.20. The second-order valence-electron chi connectivity index (χ2n) is 6.02. The summed E-state index contributed by atoms with van der Waals surface area (Å²) < 4.78 is 0. The number of carbonyl (C=O) groups excluding carboxylic acids is 1. The van der Waals surface area contributed by atoms with Crippen molar-refractivity contribution >= 4 is 6.03 Å². The van der Waals surface area contributed by atoms with Crippen molar-refractivity contribution in [2.75, 3.05) is 6.54 Å². The molecule has 1 heterocycles. The Hall–Kier alpha value is -0.770. The Morgan fingerprint density at radius 2 is 1.94 bits per heavy atom. The maximum atomic E-state index is 12.1. The maximum Gasteiger partial charge on any atom is 0.317 e. The number of aliphatic hydroxyl groups excluding tert-OH is 1. The quantitative estimate of drug-likeness (QED) is 0.793. The first-order chi connectivity index (χ1) is 8.59. The van der Waals surface area contributed by atoms with E-state index in [1.165, 1.54) is 6.42 Å². The molecule has 2 rings (SSSR count). The van der Waals surface area contributed by atoms with Gasteiger partial charge in [0, 0.05) is 24.5 Å². The van der Waals surface area contributed by atoms with E-state index in [0.29, 0.717) is 5.92 Å². The minimum atomic E-state index is -0.212. The van der Waals surface area contributed by atoms with Crippen LogP contribution in [-0.4, -0.2) is 40.8 Å². The van der Waals surface area contributed by atoms with Crippen LogP contribution in [0.1, 0.15) is 52.4 Å². The summed E-state index contributed by atoms with van der Waals surface area (Å²) in [6, 6.07) is 0.472. The standard InChI is InChI=1S/C14H26N2O2/c1-10(2)15-14(18)16-9-5-7-12(16)11-6-3-4-8-13(11)17/h10-13,17H,3-9H2,1-2H3,(H,15,18). The second kappa shape index (κ2) is 5.91. The number of amides is 2. The van der Waals surface area contributed by atoms with Gasteiger partial charge in [-0.1, -0.05) is 12.8 Å². The number of aliphatic hydroxyl groups is 1. The summed E-state index contributed by atoms with van der Waals surface area (Å²) in [7, 11) is 0. The van der Waals surface area contributed by atoms with Crippen LogP contribution in [0.25, 0.3) is 0 Å². The van der Waals surface area contributed by atoms with E-state index in [1.54, 1.807) is 0 Å². The van der Waals surface area contributed by atoms with Gasteiger partial charge in [-0.05, 0) is 39.5 Å². The van der Waals surface area contributed by atoms with Gasteiger partial charge < -0.3 is 15.3 Å². The van der Waals surface area contributed by atoms with Gasteiger partial charge in [-0.2, -0.15) is 0 Å². The zero-order valence-electron chi connectivity index (χ0n) is 11.6. The minimum absolute atomic E-state index is 0.0465. The van der Waals surface area contributed by atoms with Crippen molar-refractivity contribution < 1.29 is 9.90 Å². The third-order valence-electron chi connectivity index (χ3n) is 4.25. The van der Waals surface area contributed by atoms with Crippen LogP contribution >= 0.6 is 0 Å². The average molecular weight is 254 g/mol. The Kier molecular flexibility index (Phi) is 4.49. The average Bonchev–Trinajstić information content (AvgIpc) is 2.77. The van der Waals surface area contributed by atoms with Gasteiger partial charge in [0.25, 0.3) is 0 Å². The van der Waals surface area contributed by atoms with Crippen LogP contribution in [-0.2, 0) is 0 Å². The van der Waals surface area contributed by atoms with E-state index in [0.717, 1.165) is 38.6 Å². The number of hydrogen-bond acceptors (Lipinski definition) is 2. The van der Waals surface area contributed by atoms with E-state index < -0.39 is 0 Å². The summed E-state index contributed by atoms with van der Waals surface area (Å²) in [5, 5.41) is 13.1. The zero-order valence-corrected chi connectivity index (χ0v) is 11.6. The predicted molar refractivity (Wildman–Crippen MR) is 71.4 cm³/mol. The molecule has 0 aromatic rings. The molecule has 2 N–H and O–H groups in total. The highest BCUT2D eigenvalue weighted by Crippen LogP contribution is 2.34. The van der Waals surface area contributed by atoms with Crippen molar-refractivity contribution in [3.05, 3.63) is 0 Å². The third-order valence-corrected chi connectivity index (χ3v) is 4.25. The molecule has 1 saturated heterocycles. The lowest BCUT2D eigenvalue weighted by Gasteiger charge is -2.37. The van der Waals surface area contributed by atoms with Crippen molar-refractivity contribution in [3.63, 3.8) is 0 Å². The van der Waals surface area contributed by atoms with E-state index in [2.05, 4.69) is 5.32 Å². The van der Waals surface area contributed by atoms with Gasteiger partial charge in [0.2, 0.25) is 0 Å². The van der Waals surface area contributed by atoms with Crippen molar-refractivity contribution in [3.8, 4) is 0 Å². The maximum absolute atomic E-state index is 12.1. The second-order valence-corrected chi connectivity index (χ2v) is 6.02. The van der Waals surface area contributed by atoms with Crippen molar-refractivity contribution in [1.82, 2.24) is 10.2 Å². The molecule has 2 aliphatic rings. The number of likely N-dealkylation sites (tertiary alicyclic amines) is 1. The minimum Gasteiger partial charge on any atom is -0.393 e. The molecule has 18 heavy (non-hydrogen) atoms. The van der Waals surface area contributed by atoms with Crippen molar-refractivity contribution in [2.24, 2.45) is 5.92 Å². The van der Waals surface area contributed by atoms with Crippen LogP contribution in [0.5, 0.6) is 0 Å². The smallest absolute Gasteiger partial charge is 0.317 e. The Labute approximate surface area is 110 Å². The molecule has 4 nitrogen and oxygen atoms in total. The van der Waals surface area contributed by atoms with E-state index in [9.17, 15) is 9.90 Å². The molecule has 2 fully saturated rings. The van der Waals surface area contributed by atoms with E-state index in [-0.39, 0.29) is 24.2 Å². The fourth-order valence-corrected chi connectivity index (χ4v) is 3.41. The molecule has 3 unspecified atom stereocenters. The lowest BCUT2D eigenvalue weighted by Crippen LogP contribution is -2.50. The highest BCUT2D eigenvalue weighted by Gasteiger charge is 2.38. The van der Waals surface area contributed by atoms with Gasteiger partial charge in [-0.3, -0.25) is 0 Å². The highest BCUT2D eigenvalue weighted by atomic mass is 16.3. The fraction of sp³-hybridized carbons (Fsp3) is 0.929. The van der Waals surface area contributed by atoms with Crippen molar-refractivity contribution in [2.45, 2.75) is 70.6 Å². The van der Waals surface area contributed by atoms with Gasteiger partial charge >= 0.3 is 6.03 Å². The lowest BCUT2D eigenvalue weighted by molar-refractivity contribution is 0.0305. The molecular weight excluding hydrogens is 228 g/mol. The Bertz CT molecular complexity index is 294. The summed E-state index contributed by atoms with van der Waals surface area (Å²) in [5.41, 5.74) is 0. The summed E-state index contributed by atoms with van der Waals surface area (Å²) in [5.74, 6) is 0.291. The normalized spacial score (nSPS) is 32.9. The zero-order chi connectivity index (χ0) is 13.1. The van der Waals surface area contributed by atoms with Gasteiger partial charge in [0.1, 0.15) is 0 Å². The molecule has 3 atom stereocenters. The SMILES string of the molecule is CC(C)NC(=O)N1CCCC1C1CCCCC1O. The molecule has 1 aliphatic heterocycles. The topological polar surface area (TPSA) is 52.6 Å². The molecule has 0 radical (unpaired) electrons. The Balaban J connectivity index is 2.00. The predicted octanol–water partition coefficient (Wildman–Crippen LogP) is 2.12. The summed E-state index contributed by atoms with van der Waals surface area (Å²) in [6.45, 7) is 4.81. The summed E-state index contributed by atoms with van der Waals surface area (Å²) in [4.78, 5) is 14.1. The molecule has 0 aromatic carbocycles. The summed E-state index contributed by atoms with van der Waals surface area (Å²) >= 11 is 0. The molecule has 2 amide bonds. The number of hydrogen-bond donors (Lipinski definition) is 2. The van der Waals surface area contributed by atoms with Crippen LogP contribution in [0.15, 0.2) is 0 Å².